The van der Waals surface area contributed by atoms with Gasteiger partial charge in [0, 0.05) is 30.0 Å². The van der Waals surface area contributed by atoms with Crippen molar-refractivity contribution in [1.82, 2.24) is 9.97 Å². The molecule has 0 spiro atoms. The smallest absolute Gasteiger partial charge is 0.229 e. The number of rotatable bonds is 5. The van der Waals surface area contributed by atoms with Gasteiger partial charge in [0.15, 0.2) is 5.78 Å². The molecule has 1 aromatic heterocycles. The normalized spacial score (nSPS) is 17.6. The highest BCUT2D eigenvalue weighted by Crippen LogP contribution is 2.26. The molecule has 1 aliphatic rings. The number of hydrogen-bond donors (Lipinski definition) is 1. The monoisotopic (exact) mass is 324 g/mol. The van der Waals surface area contributed by atoms with Crippen LogP contribution in [0.1, 0.15) is 49.9 Å². The number of hydrogen-bond acceptors (Lipinski definition) is 5. The van der Waals surface area contributed by atoms with Gasteiger partial charge in [0.2, 0.25) is 5.95 Å². The van der Waals surface area contributed by atoms with E-state index in [1.165, 1.54) is 19.3 Å². The lowest BCUT2D eigenvalue weighted by atomic mass is 10.0. The van der Waals surface area contributed by atoms with Crippen LogP contribution < -0.4 is 10.2 Å². The van der Waals surface area contributed by atoms with Crippen molar-refractivity contribution in [2.45, 2.75) is 45.6 Å². The highest BCUT2D eigenvalue weighted by Gasteiger charge is 2.22. The third kappa shape index (κ3) is 3.72. The molecule has 0 saturated carbocycles. The molecule has 0 bridgehead atoms. The average Bonchev–Trinajstić information content (AvgIpc) is 2.62. The van der Waals surface area contributed by atoms with E-state index in [1.807, 2.05) is 30.3 Å². The maximum absolute atomic E-state index is 11.5. The van der Waals surface area contributed by atoms with Crippen molar-refractivity contribution in [3.8, 4) is 0 Å². The standard InChI is InChI=1S/C19H24N4O/c1-3-17-9-4-5-12-23(17)18-10-11-20-19(22-18)21-16-8-6-7-15(13-16)14(2)24/h6-8,10-11,13,17H,3-5,9,12H2,1-2H3,(H,20,21,22). The Morgan fingerprint density at radius 1 is 1.33 bits per heavy atom. The van der Waals surface area contributed by atoms with Crippen LogP contribution in [0.5, 0.6) is 0 Å². The molecule has 0 amide bonds. The highest BCUT2D eigenvalue weighted by molar-refractivity contribution is 5.95. The maximum atomic E-state index is 11.5. The minimum atomic E-state index is 0.0485. The fraction of sp³-hybridized carbons (Fsp3) is 0.421. The third-order valence-corrected chi connectivity index (χ3v) is 4.56. The SMILES string of the molecule is CCC1CCCCN1c1ccnc(Nc2cccc(C(C)=O)c2)n1. The number of carbonyl (C=O) groups excluding carboxylic acids is 1. The van der Waals surface area contributed by atoms with E-state index in [2.05, 4.69) is 27.1 Å². The van der Waals surface area contributed by atoms with Crippen molar-refractivity contribution in [3.63, 3.8) is 0 Å². The van der Waals surface area contributed by atoms with Crippen LogP contribution in [0, 0.1) is 0 Å². The summed E-state index contributed by atoms with van der Waals surface area (Å²) in [6.45, 7) is 4.85. The Hall–Kier alpha value is -2.43. The summed E-state index contributed by atoms with van der Waals surface area (Å²) in [5.41, 5.74) is 1.50. The van der Waals surface area contributed by atoms with Gasteiger partial charge in [0.25, 0.3) is 0 Å². The van der Waals surface area contributed by atoms with Gasteiger partial charge >= 0.3 is 0 Å². The van der Waals surface area contributed by atoms with Crippen LogP contribution >= 0.6 is 0 Å². The van der Waals surface area contributed by atoms with Gasteiger partial charge in [-0.25, -0.2) is 4.98 Å². The van der Waals surface area contributed by atoms with Crippen LogP contribution in [-0.4, -0.2) is 28.3 Å². The lowest BCUT2D eigenvalue weighted by molar-refractivity contribution is 0.101. The number of piperidine rings is 1. The number of Topliss-reactive ketones (excluding diaryl/α,β-unsaturated/α-hetero) is 1. The first-order valence-corrected chi connectivity index (χ1v) is 8.65. The van der Waals surface area contributed by atoms with Crippen LogP contribution in [0.3, 0.4) is 0 Å². The van der Waals surface area contributed by atoms with E-state index >= 15 is 0 Å². The maximum Gasteiger partial charge on any atom is 0.229 e. The molecule has 2 aromatic rings. The Morgan fingerprint density at radius 3 is 3.00 bits per heavy atom. The van der Waals surface area contributed by atoms with Gasteiger partial charge in [-0.05, 0) is 50.8 Å². The molecular formula is C19H24N4O. The van der Waals surface area contributed by atoms with Crippen molar-refractivity contribution < 1.29 is 4.79 Å². The second kappa shape index (κ2) is 7.43. The predicted octanol–water partition coefficient (Wildman–Crippen LogP) is 4.19. The van der Waals surface area contributed by atoms with Crippen molar-refractivity contribution in [2.24, 2.45) is 0 Å². The third-order valence-electron chi connectivity index (χ3n) is 4.56. The number of nitrogens with one attached hydrogen (secondary N) is 1. The number of anilines is 3. The van der Waals surface area contributed by atoms with Gasteiger partial charge in [-0.15, -0.1) is 0 Å². The van der Waals surface area contributed by atoms with Crippen LogP contribution in [0.2, 0.25) is 0 Å². The summed E-state index contributed by atoms with van der Waals surface area (Å²) in [5.74, 6) is 1.59. The lowest BCUT2D eigenvalue weighted by Crippen LogP contribution is -2.39. The molecule has 1 aromatic carbocycles. The lowest BCUT2D eigenvalue weighted by Gasteiger charge is -2.36. The number of benzene rings is 1. The molecular weight excluding hydrogens is 300 g/mol. The van der Waals surface area contributed by atoms with Crippen molar-refractivity contribution in [1.29, 1.82) is 0 Å². The summed E-state index contributed by atoms with van der Waals surface area (Å²) in [6, 6.07) is 9.95. The Kier molecular flexibility index (Phi) is 5.08. The van der Waals surface area contributed by atoms with Gasteiger partial charge in [0.1, 0.15) is 5.82 Å². The summed E-state index contributed by atoms with van der Waals surface area (Å²) in [7, 11) is 0. The van der Waals surface area contributed by atoms with Gasteiger partial charge in [-0.2, -0.15) is 4.98 Å². The Labute approximate surface area is 143 Å². The van der Waals surface area contributed by atoms with E-state index in [-0.39, 0.29) is 5.78 Å². The first-order valence-electron chi connectivity index (χ1n) is 8.65. The van der Waals surface area contributed by atoms with Crippen molar-refractivity contribution in [2.75, 3.05) is 16.8 Å². The molecule has 5 nitrogen and oxygen atoms in total. The second-order valence-corrected chi connectivity index (χ2v) is 6.25. The first kappa shape index (κ1) is 16.4. The molecule has 1 atom stereocenters. The highest BCUT2D eigenvalue weighted by atomic mass is 16.1. The van der Waals surface area contributed by atoms with Gasteiger partial charge in [-0.3, -0.25) is 4.79 Å². The zero-order chi connectivity index (χ0) is 16.9. The molecule has 3 rings (SSSR count). The van der Waals surface area contributed by atoms with Crippen LogP contribution in [0.15, 0.2) is 36.5 Å². The van der Waals surface area contributed by atoms with E-state index in [4.69, 9.17) is 0 Å². The number of carbonyl (C=O) groups is 1. The zero-order valence-electron chi connectivity index (χ0n) is 14.3. The van der Waals surface area contributed by atoms with Crippen molar-refractivity contribution >= 4 is 23.2 Å². The van der Waals surface area contributed by atoms with Gasteiger partial charge in [-0.1, -0.05) is 19.1 Å². The Bertz CT molecular complexity index is 716. The average molecular weight is 324 g/mol. The molecule has 1 saturated heterocycles. The van der Waals surface area contributed by atoms with Gasteiger partial charge in [0.05, 0.1) is 0 Å². The molecule has 1 fully saturated rings. The summed E-state index contributed by atoms with van der Waals surface area (Å²) in [6.07, 6.45) is 6.66. The fourth-order valence-corrected chi connectivity index (χ4v) is 3.24. The summed E-state index contributed by atoms with van der Waals surface area (Å²) < 4.78 is 0. The molecule has 2 heterocycles. The predicted molar refractivity (Wildman–Crippen MR) is 97.0 cm³/mol. The van der Waals surface area contributed by atoms with E-state index in [0.717, 1.165) is 24.5 Å². The van der Waals surface area contributed by atoms with E-state index in [1.54, 1.807) is 13.1 Å². The molecule has 1 N–H and O–H groups in total. The molecule has 0 radical (unpaired) electrons. The molecule has 1 unspecified atom stereocenters. The number of nitrogens with zero attached hydrogens (tertiary/aromatic N) is 3. The first-order chi connectivity index (χ1) is 11.7. The number of aromatic nitrogens is 2. The van der Waals surface area contributed by atoms with Crippen LogP contribution in [0.4, 0.5) is 17.5 Å². The Morgan fingerprint density at radius 2 is 2.21 bits per heavy atom. The minimum Gasteiger partial charge on any atom is -0.353 e. The van der Waals surface area contributed by atoms with E-state index in [0.29, 0.717) is 17.6 Å². The summed E-state index contributed by atoms with van der Waals surface area (Å²) >= 11 is 0. The van der Waals surface area contributed by atoms with Crippen LogP contribution in [-0.2, 0) is 0 Å². The van der Waals surface area contributed by atoms with Crippen molar-refractivity contribution in [3.05, 3.63) is 42.1 Å². The molecule has 1 aliphatic heterocycles. The number of ketones is 1. The van der Waals surface area contributed by atoms with E-state index in [9.17, 15) is 4.79 Å². The summed E-state index contributed by atoms with van der Waals surface area (Å²) in [5, 5.41) is 3.21. The van der Waals surface area contributed by atoms with E-state index < -0.39 is 0 Å². The Balaban J connectivity index is 1.80. The molecule has 126 valence electrons. The van der Waals surface area contributed by atoms with Gasteiger partial charge < -0.3 is 10.2 Å². The molecule has 0 aliphatic carbocycles. The summed E-state index contributed by atoms with van der Waals surface area (Å²) in [4.78, 5) is 22.9. The minimum absolute atomic E-state index is 0.0485. The quantitative estimate of drug-likeness (QED) is 0.836. The molecule has 5 heteroatoms. The fourth-order valence-electron chi connectivity index (χ4n) is 3.24. The topological polar surface area (TPSA) is 58.1 Å². The van der Waals surface area contributed by atoms with Crippen LogP contribution in [0.25, 0.3) is 0 Å². The largest absolute Gasteiger partial charge is 0.353 e. The second-order valence-electron chi connectivity index (χ2n) is 6.25. The zero-order valence-corrected chi connectivity index (χ0v) is 14.3. The molecule has 24 heavy (non-hydrogen) atoms.